The van der Waals surface area contributed by atoms with E-state index in [1.54, 1.807) is 18.2 Å². The summed E-state index contributed by atoms with van der Waals surface area (Å²) in [4.78, 5) is 35.5. The number of carbonyl (C=O) groups is 3. The topological polar surface area (TPSA) is 80.5 Å². The maximum absolute atomic E-state index is 11.7. The minimum atomic E-state index is -0.617. The highest BCUT2D eigenvalue weighted by atomic mass is 79.9. The third kappa shape index (κ3) is 1.95. The van der Waals surface area contributed by atoms with Crippen molar-refractivity contribution in [1.82, 2.24) is 0 Å². The van der Waals surface area contributed by atoms with Gasteiger partial charge in [0, 0.05) is 17.4 Å². The number of nitrogens with two attached hydrogens (primary N) is 1. The fourth-order valence-corrected chi connectivity index (χ4v) is 2.28. The summed E-state index contributed by atoms with van der Waals surface area (Å²) >= 11 is 3.23. The van der Waals surface area contributed by atoms with Crippen molar-refractivity contribution >= 4 is 39.2 Å². The molecule has 5 nitrogen and oxygen atoms in total. The number of hydrogen-bond acceptors (Lipinski definition) is 3. The van der Waals surface area contributed by atoms with Crippen molar-refractivity contribution in [3.8, 4) is 0 Å². The summed E-state index contributed by atoms with van der Waals surface area (Å²) in [5.41, 5.74) is 5.90. The maximum atomic E-state index is 11.7. The number of carbonyl (C=O) groups excluding carboxylic acids is 3. The number of anilines is 1. The predicted molar refractivity (Wildman–Crippen MR) is 64.6 cm³/mol. The standard InChI is InChI=1S/C11H9BrN2O3/c12-6-2-1-3-7-9(6)10(16)11(17)14(7)5-4-8(13)15/h1-3H,4-5H2,(H2,13,15). The first-order chi connectivity index (χ1) is 8.02. The molecule has 1 heterocycles. The molecule has 0 aliphatic carbocycles. The van der Waals surface area contributed by atoms with Crippen LogP contribution in [0.2, 0.25) is 0 Å². The second kappa shape index (κ2) is 4.29. The van der Waals surface area contributed by atoms with Gasteiger partial charge in [-0.05, 0) is 28.1 Å². The third-order valence-corrected chi connectivity index (χ3v) is 3.19. The first kappa shape index (κ1) is 11.8. The number of halogens is 1. The molecular formula is C11H9BrN2O3. The van der Waals surface area contributed by atoms with Crippen molar-refractivity contribution in [2.24, 2.45) is 5.73 Å². The summed E-state index contributed by atoms with van der Waals surface area (Å²) in [7, 11) is 0. The van der Waals surface area contributed by atoms with Crippen molar-refractivity contribution in [3.63, 3.8) is 0 Å². The lowest BCUT2D eigenvalue weighted by Gasteiger charge is -2.15. The fourth-order valence-electron chi connectivity index (χ4n) is 1.75. The van der Waals surface area contributed by atoms with Gasteiger partial charge in [0.1, 0.15) is 0 Å². The molecule has 0 spiro atoms. The quantitative estimate of drug-likeness (QED) is 0.840. The van der Waals surface area contributed by atoms with E-state index in [0.29, 0.717) is 15.7 Å². The Kier molecular flexibility index (Phi) is 2.97. The van der Waals surface area contributed by atoms with Gasteiger partial charge in [0.2, 0.25) is 5.91 Å². The molecule has 2 N–H and O–H groups in total. The Morgan fingerprint density at radius 1 is 1.35 bits per heavy atom. The largest absolute Gasteiger partial charge is 0.370 e. The summed E-state index contributed by atoms with van der Waals surface area (Å²) in [5, 5.41) is 0. The SMILES string of the molecule is NC(=O)CCN1C(=O)C(=O)c2c(Br)cccc21. The summed E-state index contributed by atoms with van der Waals surface area (Å²) in [6.45, 7) is 0.128. The normalized spacial score (nSPS) is 14.1. The second-order valence-corrected chi connectivity index (χ2v) is 4.49. The van der Waals surface area contributed by atoms with Crippen LogP contribution in [-0.4, -0.2) is 24.1 Å². The van der Waals surface area contributed by atoms with Gasteiger partial charge in [-0.3, -0.25) is 14.4 Å². The van der Waals surface area contributed by atoms with Crippen LogP contribution in [-0.2, 0) is 9.59 Å². The van der Waals surface area contributed by atoms with E-state index < -0.39 is 17.6 Å². The Morgan fingerprint density at radius 3 is 2.71 bits per heavy atom. The van der Waals surface area contributed by atoms with Gasteiger partial charge in [0.05, 0.1) is 11.3 Å². The molecule has 88 valence electrons. The highest BCUT2D eigenvalue weighted by Crippen LogP contribution is 2.34. The molecule has 0 saturated carbocycles. The van der Waals surface area contributed by atoms with Crippen LogP contribution < -0.4 is 10.6 Å². The van der Waals surface area contributed by atoms with Crippen molar-refractivity contribution < 1.29 is 14.4 Å². The van der Waals surface area contributed by atoms with Crippen LogP contribution in [0, 0.1) is 0 Å². The number of nitrogens with zero attached hydrogens (tertiary/aromatic N) is 1. The van der Waals surface area contributed by atoms with E-state index in [1.807, 2.05) is 0 Å². The minimum absolute atomic E-state index is 0.0327. The minimum Gasteiger partial charge on any atom is -0.370 e. The average Bonchev–Trinajstić information content (AvgIpc) is 2.51. The molecule has 0 unspecified atom stereocenters. The lowest BCUT2D eigenvalue weighted by Crippen LogP contribution is -2.32. The first-order valence-corrected chi connectivity index (χ1v) is 5.74. The van der Waals surface area contributed by atoms with E-state index in [1.165, 1.54) is 4.90 Å². The summed E-state index contributed by atoms with van der Waals surface area (Å²) in [6.07, 6.45) is 0.0327. The number of primary amides is 1. The zero-order valence-corrected chi connectivity index (χ0v) is 10.4. The van der Waals surface area contributed by atoms with Crippen LogP contribution in [0.4, 0.5) is 5.69 Å². The second-order valence-electron chi connectivity index (χ2n) is 3.64. The Balaban J connectivity index is 2.38. The lowest BCUT2D eigenvalue weighted by molar-refractivity contribution is -0.118. The molecule has 0 bridgehead atoms. The molecule has 1 aliphatic heterocycles. The molecule has 6 heteroatoms. The van der Waals surface area contributed by atoms with Gasteiger partial charge in [-0.1, -0.05) is 6.07 Å². The van der Waals surface area contributed by atoms with Gasteiger partial charge in [-0.25, -0.2) is 0 Å². The average molecular weight is 297 g/mol. The number of amides is 2. The van der Waals surface area contributed by atoms with Crippen LogP contribution >= 0.6 is 15.9 Å². The van der Waals surface area contributed by atoms with Gasteiger partial charge in [-0.2, -0.15) is 0 Å². The Bertz CT molecular complexity index is 527. The number of rotatable bonds is 3. The number of fused-ring (bicyclic) bond motifs is 1. The van der Waals surface area contributed by atoms with Crippen LogP contribution in [0.25, 0.3) is 0 Å². The molecule has 0 fully saturated rings. The van der Waals surface area contributed by atoms with Gasteiger partial charge >= 0.3 is 0 Å². The summed E-state index contributed by atoms with van der Waals surface area (Å²) in [6, 6.07) is 5.09. The molecule has 1 aliphatic rings. The highest BCUT2D eigenvalue weighted by molar-refractivity contribution is 9.10. The zero-order valence-electron chi connectivity index (χ0n) is 8.77. The monoisotopic (exact) mass is 296 g/mol. The van der Waals surface area contributed by atoms with Crippen molar-refractivity contribution in [2.75, 3.05) is 11.4 Å². The van der Waals surface area contributed by atoms with Crippen molar-refractivity contribution in [1.29, 1.82) is 0 Å². The third-order valence-electron chi connectivity index (χ3n) is 2.53. The molecule has 17 heavy (non-hydrogen) atoms. The predicted octanol–water partition coefficient (Wildman–Crippen LogP) is 0.854. The smallest absolute Gasteiger partial charge is 0.299 e. The van der Waals surface area contributed by atoms with Crippen molar-refractivity contribution in [3.05, 3.63) is 28.2 Å². The van der Waals surface area contributed by atoms with E-state index in [2.05, 4.69) is 15.9 Å². The van der Waals surface area contributed by atoms with E-state index in [0.717, 1.165) is 0 Å². The molecule has 2 amide bonds. The van der Waals surface area contributed by atoms with Crippen LogP contribution in [0.5, 0.6) is 0 Å². The molecule has 0 atom stereocenters. The number of hydrogen-bond donors (Lipinski definition) is 1. The summed E-state index contributed by atoms with van der Waals surface area (Å²) < 4.78 is 0.579. The van der Waals surface area contributed by atoms with Crippen LogP contribution in [0.1, 0.15) is 16.8 Å². The Hall–Kier alpha value is -1.69. The molecule has 2 rings (SSSR count). The van der Waals surface area contributed by atoms with Gasteiger partial charge in [0.25, 0.3) is 11.7 Å². The summed E-state index contributed by atoms with van der Waals surface area (Å²) in [5.74, 6) is -1.68. The van der Waals surface area contributed by atoms with Crippen LogP contribution in [0.15, 0.2) is 22.7 Å². The fraction of sp³-hybridized carbons (Fsp3) is 0.182. The van der Waals surface area contributed by atoms with E-state index >= 15 is 0 Å². The van der Waals surface area contributed by atoms with E-state index in [9.17, 15) is 14.4 Å². The maximum Gasteiger partial charge on any atom is 0.299 e. The molecule has 0 radical (unpaired) electrons. The van der Waals surface area contributed by atoms with E-state index in [4.69, 9.17) is 5.73 Å². The van der Waals surface area contributed by atoms with Crippen LogP contribution in [0.3, 0.4) is 0 Å². The van der Waals surface area contributed by atoms with Gasteiger partial charge < -0.3 is 10.6 Å². The Labute approximate surface area is 106 Å². The first-order valence-electron chi connectivity index (χ1n) is 4.95. The number of Topliss-reactive ketones (excluding diaryl/α,β-unsaturated/α-hetero) is 1. The molecule has 1 aromatic rings. The number of ketones is 1. The van der Waals surface area contributed by atoms with Gasteiger partial charge in [0.15, 0.2) is 0 Å². The molecular weight excluding hydrogens is 288 g/mol. The molecule has 0 saturated heterocycles. The number of benzene rings is 1. The lowest BCUT2D eigenvalue weighted by atomic mass is 10.1. The highest BCUT2D eigenvalue weighted by Gasteiger charge is 2.36. The zero-order chi connectivity index (χ0) is 12.6. The molecule has 0 aromatic heterocycles. The molecule has 1 aromatic carbocycles. The van der Waals surface area contributed by atoms with Crippen molar-refractivity contribution in [2.45, 2.75) is 6.42 Å². The van der Waals surface area contributed by atoms with Gasteiger partial charge in [-0.15, -0.1) is 0 Å². The van der Waals surface area contributed by atoms with E-state index in [-0.39, 0.29) is 13.0 Å². The Morgan fingerprint density at radius 2 is 2.06 bits per heavy atom.